The van der Waals surface area contributed by atoms with Crippen molar-refractivity contribution in [1.29, 1.82) is 0 Å². The molecule has 2 unspecified atom stereocenters. The lowest BCUT2D eigenvalue weighted by atomic mass is 10.1. The highest BCUT2D eigenvalue weighted by Crippen LogP contribution is 2.30. The lowest BCUT2D eigenvalue weighted by Gasteiger charge is -2.18. The molecule has 0 aliphatic carbocycles. The molecule has 0 saturated carbocycles. The molecular weight excluding hydrogens is 204 g/mol. The van der Waals surface area contributed by atoms with Gasteiger partial charge in [-0.15, -0.1) is 0 Å². The monoisotopic (exact) mass is 222 g/mol. The average Bonchev–Trinajstić information content (AvgIpc) is 3.14. The number of epoxide rings is 1. The molecule has 1 aliphatic heterocycles. The summed E-state index contributed by atoms with van der Waals surface area (Å²) < 4.78 is 16.3. The molecule has 0 spiro atoms. The molecule has 1 aromatic carbocycles. The van der Waals surface area contributed by atoms with Crippen LogP contribution in [0.1, 0.15) is 25.0 Å². The first-order valence-electron chi connectivity index (χ1n) is 5.71. The Morgan fingerprint density at radius 2 is 2.19 bits per heavy atom. The summed E-state index contributed by atoms with van der Waals surface area (Å²) in [6, 6.07) is 8.01. The summed E-state index contributed by atoms with van der Waals surface area (Å²) in [4.78, 5) is 0. The van der Waals surface area contributed by atoms with Gasteiger partial charge in [0.05, 0.1) is 26.4 Å². The predicted octanol–water partition coefficient (Wildman–Crippen LogP) is 2.56. The number of ether oxygens (including phenoxy) is 3. The molecule has 16 heavy (non-hydrogen) atoms. The molecule has 0 bridgehead atoms. The van der Waals surface area contributed by atoms with Gasteiger partial charge in [0.2, 0.25) is 0 Å². The Bertz CT molecular complexity index is 334. The third-order valence-electron chi connectivity index (χ3n) is 2.74. The second-order valence-corrected chi connectivity index (χ2v) is 3.93. The van der Waals surface area contributed by atoms with Gasteiger partial charge in [-0.1, -0.05) is 25.1 Å². The summed E-state index contributed by atoms with van der Waals surface area (Å²) in [5, 5.41) is 0. The van der Waals surface area contributed by atoms with Crippen molar-refractivity contribution in [3.8, 4) is 5.75 Å². The molecule has 1 fully saturated rings. The molecule has 1 saturated heterocycles. The van der Waals surface area contributed by atoms with Gasteiger partial charge in [0.1, 0.15) is 11.9 Å². The highest BCUT2D eigenvalue weighted by molar-refractivity contribution is 5.35. The van der Waals surface area contributed by atoms with Gasteiger partial charge in [-0.2, -0.15) is 0 Å². The zero-order valence-corrected chi connectivity index (χ0v) is 9.81. The number of methoxy groups -OCH3 is 1. The molecule has 0 amide bonds. The standard InChI is InChI=1S/C13H18O3/c1-3-12(16-9-10-8-15-10)11-6-4-5-7-13(11)14-2/h4-7,10,12H,3,8-9H2,1-2H3. The van der Waals surface area contributed by atoms with E-state index in [0.29, 0.717) is 12.7 Å². The van der Waals surface area contributed by atoms with Gasteiger partial charge in [-0.3, -0.25) is 0 Å². The van der Waals surface area contributed by atoms with Crippen LogP contribution < -0.4 is 4.74 Å². The highest BCUT2D eigenvalue weighted by Gasteiger charge is 2.25. The molecule has 2 rings (SSSR count). The molecule has 1 aliphatic rings. The topological polar surface area (TPSA) is 31.0 Å². The SMILES string of the molecule is CCC(OCC1CO1)c1ccccc1OC. The Hall–Kier alpha value is -1.06. The van der Waals surface area contributed by atoms with Crippen molar-refractivity contribution >= 4 is 0 Å². The molecule has 1 aromatic rings. The zero-order chi connectivity index (χ0) is 11.4. The minimum Gasteiger partial charge on any atom is -0.496 e. The highest BCUT2D eigenvalue weighted by atomic mass is 16.6. The van der Waals surface area contributed by atoms with Gasteiger partial charge in [-0.25, -0.2) is 0 Å². The quantitative estimate of drug-likeness (QED) is 0.693. The Morgan fingerprint density at radius 1 is 1.44 bits per heavy atom. The molecule has 3 heteroatoms. The summed E-state index contributed by atoms with van der Waals surface area (Å²) in [5.74, 6) is 0.895. The van der Waals surface area contributed by atoms with Crippen LogP contribution in [0.15, 0.2) is 24.3 Å². The maximum Gasteiger partial charge on any atom is 0.124 e. The van der Waals surface area contributed by atoms with Gasteiger partial charge in [0.25, 0.3) is 0 Å². The van der Waals surface area contributed by atoms with Gasteiger partial charge < -0.3 is 14.2 Å². The predicted molar refractivity (Wildman–Crippen MR) is 61.7 cm³/mol. The van der Waals surface area contributed by atoms with Crippen molar-refractivity contribution in [3.05, 3.63) is 29.8 Å². The Morgan fingerprint density at radius 3 is 2.81 bits per heavy atom. The largest absolute Gasteiger partial charge is 0.496 e. The number of rotatable bonds is 6. The third-order valence-corrected chi connectivity index (χ3v) is 2.74. The molecule has 3 nitrogen and oxygen atoms in total. The normalized spacial score (nSPS) is 20.5. The lowest BCUT2D eigenvalue weighted by molar-refractivity contribution is 0.0380. The van der Waals surface area contributed by atoms with Crippen LogP contribution in [0.25, 0.3) is 0 Å². The van der Waals surface area contributed by atoms with E-state index in [1.807, 2.05) is 18.2 Å². The van der Waals surface area contributed by atoms with E-state index in [4.69, 9.17) is 14.2 Å². The van der Waals surface area contributed by atoms with Crippen LogP contribution in [-0.2, 0) is 9.47 Å². The Labute approximate surface area is 96.3 Å². The average molecular weight is 222 g/mol. The van der Waals surface area contributed by atoms with E-state index in [1.54, 1.807) is 7.11 Å². The van der Waals surface area contributed by atoms with Crippen molar-refractivity contribution in [1.82, 2.24) is 0 Å². The van der Waals surface area contributed by atoms with E-state index in [0.717, 1.165) is 24.3 Å². The van der Waals surface area contributed by atoms with E-state index in [-0.39, 0.29) is 6.10 Å². The number of hydrogen-bond acceptors (Lipinski definition) is 3. The Balaban J connectivity index is 2.04. The van der Waals surface area contributed by atoms with Crippen molar-refractivity contribution in [2.45, 2.75) is 25.6 Å². The first-order valence-corrected chi connectivity index (χ1v) is 5.71. The summed E-state index contributed by atoms with van der Waals surface area (Å²) in [7, 11) is 1.69. The van der Waals surface area contributed by atoms with E-state index < -0.39 is 0 Å². The van der Waals surface area contributed by atoms with Gasteiger partial charge in [-0.05, 0) is 12.5 Å². The first kappa shape index (κ1) is 11.4. The summed E-state index contributed by atoms with van der Waals surface area (Å²) in [5.41, 5.74) is 1.12. The second-order valence-electron chi connectivity index (χ2n) is 3.93. The van der Waals surface area contributed by atoms with Crippen LogP contribution in [0.4, 0.5) is 0 Å². The van der Waals surface area contributed by atoms with Crippen molar-refractivity contribution in [2.75, 3.05) is 20.3 Å². The van der Waals surface area contributed by atoms with E-state index >= 15 is 0 Å². The van der Waals surface area contributed by atoms with Gasteiger partial charge in [0.15, 0.2) is 0 Å². The molecule has 0 N–H and O–H groups in total. The van der Waals surface area contributed by atoms with Gasteiger partial charge >= 0.3 is 0 Å². The molecule has 2 atom stereocenters. The fourth-order valence-electron chi connectivity index (χ4n) is 1.75. The summed E-state index contributed by atoms with van der Waals surface area (Å²) in [6.45, 7) is 3.63. The molecule has 1 heterocycles. The van der Waals surface area contributed by atoms with Gasteiger partial charge in [0, 0.05) is 5.56 Å². The smallest absolute Gasteiger partial charge is 0.124 e. The fourth-order valence-corrected chi connectivity index (χ4v) is 1.75. The van der Waals surface area contributed by atoms with E-state index in [1.165, 1.54) is 0 Å². The van der Waals surface area contributed by atoms with Crippen LogP contribution in [0, 0.1) is 0 Å². The summed E-state index contributed by atoms with van der Waals surface area (Å²) >= 11 is 0. The number of hydrogen-bond donors (Lipinski definition) is 0. The lowest BCUT2D eigenvalue weighted by Crippen LogP contribution is -2.09. The van der Waals surface area contributed by atoms with E-state index in [2.05, 4.69) is 13.0 Å². The second kappa shape index (κ2) is 5.32. The van der Waals surface area contributed by atoms with Crippen molar-refractivity contribution in [3.63, 3.8) is 0 Å². The minimum atomic E-state index is 0.0975. The van der Waals surface area contributed by atoms with Crippen LogP contribution in [0.3, 0.4) is 0 Å². The van der Waals surface area contributed by atoms with Crippen LogP contribution in [0.5, 0.6) is 5.75 Å². The minimum absolute atomic E-state index is 0.0975. The first-order chi connectivity index (χ1) is 7.85. The van der Waals surface area contributed by atoms with Crippen LogP contribution in [0.2, 0.25) is 0 Å². The maximum absolute atomic E-state index is 5.84. The fraction of sp³-hybridized carbons (Fsp3) is 0.538. The van der Waals surface area contributed by atoms with Crippen molar-refractivity contribution < 1.29 is 14.2 Å². The number of benzene rings is 1. The molecular formula is C13H18O3. The zero-order valence-electron chi connectivity index (χ0n) is 9.81. The molecule has 0 aromatic heterocycles. The molecule has 0 radical (unpaired) electrons. The van der Waals surface area contributed by atoms with E-state index in [9.17, 15) is 0 Å². The van der Waals surface area contributed by atoms with Crippen LogP contribution >= 0.6 is 0 Å². The number of para-hydroxylation sites is 1. The van der Waals surface area contributed by atoms with Crippen molar-refractivity contribution in [2.24, 2.45) is 0 Å². The van der Waals surface area contributed by atoms with Crippen LogP contribution in [-0.4, -0.2) is 26.4 Å². The maximum atomic E-state index is 5.84. The third kappa shape index (κ3) is 2.74. The Kier molecular flexibility index (Phi) is 3.80. The summed E-state index contributed by atoms with van der Waals surface area (Å²) in [6.07, 6.45) is 1.34. The molecule has 88 valence electrons.